The molecule has 3 saturated heterocycles. The Morgan fingerprint density at radius 3 is 2.50 bits per heavy atom. The number of allylic oxidation sites excluding steroid dienone is 1. The molecule has 8 nitrogen and oxygen atoms in total. The highest BCUT2D eigenvalue weighted by atomic mass is 79.9. The molecule has 3 aliphatic rings. The summed E-state index contributed by atoms with van der Waals surface area (Å²) in [6.07, 6.45) is 5.78. The molecular weight excluding hydrogens is 552 g/mol. The number of aliphatic hydroxyl groups excluding tert-OH is 1. The number of fused-ring (bicyclic) bond motifs is 1. The van der Waals surface area contributed by atoms with Crippen molar-refractivity contribution in [3.8, 4) is 0 Å². The lowest BCUT2D eigenvalue weighted by atomic mass is 9.70. The Hall–Kier alpha value is -1.71. The van der Waals surface area contributed by atoms with Crippen molar-refractivity contribution in [3.05, 3.63) is 25.3 Å². The van der Waals surface area contributed by atoms with E-state index in [2.05, 4.69) is 49.9 Å². The van der Waals surface area contributed by atoms with E-state index >= 15 is 0 Å². The first kappa shape index (κ1) is 30.8. The second-order valence-corrected chi connectivity index (χ2v) is 13.8. The van der Waals surface area contributed by atoms with Gasteiger partial charge in [-0.3, -0.25) is 14.4 Å². The molecule has 1 N–H and O–H groups in total. The van der Waals surface area contributed by atoms with Crippen LogP contribution in [-0.4, -0.2) is 87.1 Å². The van der Waals surface area contributed by atoms with Gasteiger partial charge < -0.3 is 24.4 Å². The van der Waals surface area contributed by atoms with Gasteiger partial charge in [-0.2, -0.15) is 0 Å². The van der Waals surface area contributed by atoms with Gasteiger partial charge in [0.15, 0.2) is 0 Å². The summed E-state index contributed by atoms with van der Waals surface area (Å²) in [7, 11) is 0. The lowest BCUT2D eigenvalue weighted by Crippen LogP contribution is -2.61. The average molecular weight is 598 g/mol. The van der Waals surface area contributed by atoms with Crippen LogP contribution < -0.4 is 0 Å². The predicted molar refractivity (Wildman–Crippen MR) is 150 cm³/mol. The Morgan fingerprint density at radius 1 is 1.24 bits per heavy atom. The first-order valence-corrected chi connectivity index (χ1v) is 14.6. The Morgan fingerprint density at radius 2 is 1.92 bits per heavy atom. The van der Waals surface area contributed by atoms with Crippen LogP contribution in [0, 0.1) is 17.3 Å². The SMILES string of the molecule is C=CCCCOC(=O)[C@H]1[C@@H]2OC3(CC2Br)C(C(=O)N(CC=C)C(C)(C)CC(C)(C)C)N(CCCO)C(=O)[C@H]13. The summed E-state index contributed by atoms with van der Waals surface area (Å²) in [4.78, 5) is 45.0. The van der Waals surface area contributed by atoms with Gasteiger partial charge in [0.1, 0.15) is 11.6 Å². The third-order valence-corrected chi connectivity index (χ3v) is 8.77. The molecule has 2 amide bonds. The summed E-state index contributed by atoms with van der Waals surface area (Å²) in [6, 6.07) is -0.908. The van der Waals surface area contributed by atoms with Gasteiger partial charge in [0.05, 0.1) is 24.5 Å². The molecule has 214 valence electrons. The van der Waals surface area contributed by atoms with Gasteiger partial charge >= 0.3 is 5.97 Å². The number of carbonyl (C=O) groups excluding carboxylic acids is 3. The van der Waals surface area contributed by atoms with Crippen molar-refractivity contribution in [2.45, 2.75) is 94.8 Å². The smallest absolute Gasteiger partial charge is 0.312 e. The van der Waals surface area contributed by atoms with E-state index in [1.807, 2.05) is 13.8 Å². The monoisotopic (exact) mass is 596 g/mol. The van der Waals surface area contributed by atoms with Crippen LogP contribution in [0.3, 0.4) is 0 Å². The second kappa shape index (κ2) is 11.8. The first-order valence-electron chi connectivity index (χ1n) is 13.7. The third kappa shape index (κ3) is 5.75. The number of esters is 1. The summed E-state index contributed by atoms with van der Waals surface area (Å²) in [6.45, 7) is 18.7. The molecular formula is C29H45BrN2O6. The van der Waals surface area contributed by atoms with Crippen LogP contribution in [-0.2, 0) is 23.9 Å². The van der Waals surface area contributed by atoms with E-state index in [-0.39, 0.29) is 41.8 Å². The normalized spacial score (nSPS) is 30.3. The zero-order valence-electron chi connectivity index (χ0n) is 23.6. The van der Waals surface area contributed by atoms with Gasteiger partial charge in [-0.15, -0.1) is 13.2 Å². The second-order valence-electron chi connectivity index (χ2n) is 12.7. The third-order valence-electron chi connectivity index (χ3n) is 7.92. The van der Waals surface area contributed by atoms with Crippen molar-refractivity contribution < 1.29 is 29.0 Å². The maximum atomic E-state index is 14.5. The zero-order valence-corrected chi connectivity index (χ0v) is 25.2. The molecule has 0 aromatic heterocycles. The van der Waals surface area contributed by atoms with E-state index in [1.54, 1.807) is 22.0 Å². The highest BCUT2D eigenvalue weighted by Gasteiger charge is 2.77. The lowest BCUT2D eigenvalue weighted by molar-refractivity contribution is -0.156. The molecule has 0 saturated carbocycles. The Kier molecular flexibility index (Phi) is 9.58. The number of alkyl halides is 1. The highest BCUT2D eigenvalue weighted by molar-refractivity contribution is 9.09. The molecule has 6 atom stereocenters. The van der Waals surface area contributed by atoms with Crippen LogP contribution in [0.4, 0.5) is 0 Å². The molecule has 0 aliphatic carbocycles. The molecule has 0 aromatic carbocycles. The molecule has 2 bridgehead atoms. The number of carbonyl (C=O) groups is 3. The van der Waals surface area contributed by atoms with Crippen LogP contribution in [0.2, 0.25) is 0 Å². The maximum absolute atomic E-state index is 14.5. The van der Waals surface area contributed by atoms with E-state index in [1.165, 1.54) is 0 Å². The largest absolute Gasteiger partial charge is 0.465 e. The summed E-state index contributed by atoms with van der Waals surface area (Å²) in [5.74, 6) is -2.56. The van der Waals surface area contributed by atoms with E-state index in [9.17, 15) is 19.5 Å². The predicted octanol–water partition coefficient (Wildman–Crippen LogP) is 3.86. The van der Waals surface area contributed by atoms with Crippen LogP contribution in [0.25, 0.3) is 0 Å². The number of rotatable bonds is 13. The summed E-state index contributed by atoms with van der Waals surface area (Å²) in [5, 5.41) is 9.58. The number of aliphatic hydroxyl groups is 1. The summed E-state index contributed by atoms with van der Waals surface area (Å²) >= 11 is 3.69. The Balaban J connectivity index is 2.02. The van der Waals surface area contributed by atoms with E-state index in [4.69, 9.17) is 9.47 Å². The standard InChI is InChI=1S/C29H45BrN2O6/c1-8-10-11-16-37-26(36)20-21-24(34)31(14-12-15-33)23(29(21)17-19(30)22(20)38-29)25(35)32(13-9-2)28(6,7)18-27(3,4)5/h8-9,19-23,33H,1-2,10-18H2,3-7H3/t19?,20-,21+,22-,23?,29?/m1/s1. The van der Waals surface area contributed by atoms with Crippen LogP contribution in [0.15, 0.2) is 25.3 Å². The molecule has 9 heteroatoms. The summed E-state index contributed by atoms with van der Waals surface area (Å²) in [5.41, 5.74) is -1.72. The van der Waals surface area contributed by atoms with Crippen molar-refractivity contribution in [1.82, 2.24) is 9.80 Å². The topological polar surface area (TPSA) is 96.4 Å². The van der Waals surface area contributed by atoms with Crippen LogP contribution >= 0.6 is 15.9 Å². The number of nitrogens with zero attached hydrogens (tertiary/aromatic N) is 2. The molecule has 3 unspecified atom stereocenters. The van der Waals surface area contributed by atoms with Crippen molar-refractivity contribution in [2.75, 3.05) is 26.3 Å². The van der Waals surface area contributed by atoms with Gasteiger partial charge in [-0.25, -0.2) is 0 Å². The van der Waals surface area contributed by atoms with Crippen molar-refractivity contribution in [2.24, 2.45) is 17.3 Å². The molecule has 3 rings (SSSR count). The number of likely N-dealkylation sites (tertiary alicyclic amines) is 1. The van der Waals surface area contributed by atoms with E-state index in [0.29, 0.717) is 25.8 Å². The quantitative estimate of drug-likeness (QED) is 0.150. The molecule has 3 fully saturated rings. The lowest BCUT2D eigenvalue weighted by Gasteiger charge is -2.45. The number of hydrogen-bond acceptors (Lipinski definition) is 6. The van der Waals surface area contributed by atoms with Crippen LogP contribution in [0.1, 0.15) is 66.7 Å². The molecule has 3 heterocycles. The van der Waals surface area contributed by atoms with Gasteiger partial charge in [0, 0.05) is 30.1 Å². The molecule has 0 radical (unpaired) electrons. The fourth-order valence-corrected chi connectivity index (χ4v) is 7.90. The summed E-state index contributed by atoms with van der Waals surface area (Å²) < 4.78 is 12.1. The number of ether oxygens (including phenoxy) is 2. The van der Waals surface area contributed by atoms with Crippen molar-refractivity contribution in [1.29, 1.82) is 0 Å². The number of hydrogen-bond donors (Lipinski definition) is 1. The molecule has 3 aliphatic heterocycles. The maximum Gasteiger partial charge on any atom is 0.312 e. The van der Waals surface area contributed by atoms with Gasteiger partial charge in [0.25, 0.3) is 0 Å². The highest BCUT2D eigenvalue weighted by Crippen LogP contribution is 2.60. The zero-order chi connectivity index (χ0) is 28.5. The Labute approximate surface area is 235 Å². The van der Waals surface area contributed by atoms with E-state index < -0.39 is 41.1 Å². The Bertz CT molecular complexity index is 931. The van der Waals surface area contributed by atoms with Crippen molar-refractivity contribution in [3.63, 3.8) is 0 Å². The minimum atomic E-state index is -1.15. The first-order chi connectivity index (χ1) is 17.8. The fourth-order valence-electron chi connectivity index (χ4n) is 6.96. The number of amides is 2. The molecule has 38 heavy (non-hydrogen) atoms. The minimum absolute atomic E-state index is 0.0458. The fraction of sp³-hybridized carbons (Fsp3) is 0.759. The van der Waals surface area contributed by atoms with Crippen LogP contribution in [0.5, 0.6) is 0 Å². The minimum Gasteiger partial charge on any atom is -0.465 e. The number of unbranched alkanes of at least 4 members (excludes halogenated alkanes) is 1. The van der Waals surface area contributed by atoms with Crippen molar-refractivity contribution >= 4 is 33.7 Å². The molecule has 1 spiro atoms. The van der Waals surface area contributed by atoms with E-state index in [0.717, 1.165) is 12.8 Å². The molecule has 0 aromatic rings. The van der Waals surface area contributed by atoms with Gasteiger partial charge in [0.2, 0.25) is 11.8 Å². The average Bonchev–Trinajstić information content (AvgIpc) is 3.40. The number of halogens is 1. The van der Waals surface area contributed by atoms with Gasteiger partial charge in [-0.05, 0) is 51.4 Å². The van der Waals surface area contributed by atoms with Gasteiger partial charge in [-0.1, -0.05) is 48.9 Å².